The Balaban J connectivity index is 2.51. The molecule has 0 saturated carbocycles. The molecule has 0 fully saturated rings. The third-order valence-corrected chi connectivity index (χ3v) is 4.45. The van der Waals surface area contributed by atoms with Crippen molar-refractivity contribution in [3.05, 3.63) is 71.8 Å². The molecule has 3 N–H and O–H groups in total. The minimum absolute atomic E-state index is 0.127. The molecule has 0 spiro atoms. The maximum atomic E-state index is 9.65. The predicted molar refractivity (Wildman–Crippen MR) is 88.2 cm³/mol. The number of rotatable bonds is 6. The third-order valence-electron chi connectivity index (χ3n) is 4.45. The summed E-state index contributed by atoms with van der Waals surface area (Å²) in [5.74, 6) is 0. The highest BCUT2D eigenvalue weighted by Gasteiger charge is 2.43. The maximum Gasteiger partial charge on any atom is 0.0440 e. The Bertz CT molecular complexity index is 545. The van der Waals surface area contributed by atoms with Crippen LogP contribution in [0.25, 0.3) is 0 Å². The van der Waals surface area contributed by atoms with E-state index in [1.54, 1.807) is 0 Å². The van der Waals surface area contributed by atoms with Gasteiger partial charge in [0, 0.05) is 17.6 Å². The molecule has 2 aromatic rings. The highest BCUT2D eigenvalue weighted by Crippen LogP contribution is 2.40. The highest BCUT2D eigenvalue weighted by molar-refractivity contribution is 5.34. The van der Waals surface area contributed by atoms with E-state index in [0.717, 1.165) is 6.42 Å². The normalized spacial score (nSPS) is 14.7. The van der Waals surface area contributed by atoms with Crippen molar-refractivity contribution in [2.45, 2.75) is 37.6 Å². The van der Waals surface area contributed by atoms with E-state index in [9.17, 15) is 5.11 Å². The molecule has 21 heavy (non-hydrogen) atoms. The molecule has 0 bridgehead atoms. The largest absolute Gasteiger partial charge is 0.396 e. The third kappa shape index (κ3) is 3.34. The van der Waals surface area contributed by atoms with Crippen molar-refractivity contribution < 1.29 is 5.11 Å². The van der Waals surface area contributed by atoms with Gasteiger partial charge < -0.3 is 10.8 Å². The topological polar surface area (TPSA) is 46.2 Å². The zero-order chi connectivity index (χ0) is 15.3. The second-order valence-corrected chi connectivity index (χ2v) is 6.31. The van der Waals surface area contributed by atoms with Gasteiger partial charge in [0.05, 0.1) is 0 Å². The second-order valence-electron chi connectivity index (χ2n) is 6.31. The van der Waals surface area contributed by atoms with Crippen LogP contribution in [0.3, 0.4) is 0 Å². The summed E-state index contributed by atoms with van der Waals surface area (Å²) in [6.45, 7) is 4.24. The Kier molecular flexibility index (Phi) is 4.81. The minimum Gasteiger partial charge on any atom is -0.396 e. The van der Waals surface area contributed by atoms with Gasteiger partial charge in [-0.25, -0.2) is 0 Å². The second kappa shape index (κ2) is 6.42. The molecule has 0 radical (unpaired) electrons. The van der Waals surface area contributed by atoms with Crippen LogP contribution in [-0.4, -0.2) is 17.3 Å². The Morgan fingerprint density at radius 3 is 1.90 bits per heavy atom. The molecule has 0 aliphatic heterocycles. The fourth-order valence-corrected chi connectivity index (χ4v) is 3.15. The van der Waals surface area contributed by atoms with Crippen molar-refractivity contribution in [3.8, 4) is 0 Å². The fraction of sp³-hybridized carbons (Fsp3) is 0.368. The van der Waals surface area contributed by atoms with E-state index in [1.165, 1.54) is 11.1 Å². The van der Waals surface area contributed by atoms with E-state index in [4.69, 9.17) is 5.73 Å². The smallest absolute Gasteiger partial charge is 0.0440 e. The molecule has 112 valence electrons. The molecule has 0 aromatic heterocycles. The van der Waals surface area contributed by atoms with Crippen molar-refractivity contribution in [1.29, 1.82) is 0 Å². The standard InChI is InChI=1S/C19H25NO/c1-18(2,20)19(13-14-21,17-11-7-4-8-12-17)15-16-9-5-3-6-10-16/h3-12,21H,13-15,20H2,1-2H3. The highest BCUT2D eigenvalue weighted by atomic mass is 16.3. The van der Waals surface area contributed by atoms with Crippen molar-refractivity contribution in [2.24, 2.45) is 5.73 Å². The van der Waals surface area contributed by atoms with Crippen LogP contribution in [0.2, 0.25) is 0 Å². The molecule has 0 heterocycles. The lowest BCUT2D eigenvalue weighted by atomic mass is 9.62. The van der Waals surface area contributed by atoms with Gasteiger partial charge in [-0.3, -0.25) is 0 Å². The van der Waals surface area contributed by atoms with Gasteiger partial charge in [-0.05, 0) is 37.8 Å². The van der Waals surface area contributed by atoms with Gasteiger partial charge in [-0.2, -0.15) is 0 Å². The first kappa shape index (κ1) is 15.7. The number of benzene rings is 2. The lowest BCUT2D eigenvalue weighted by Gasteiger charge is -2.45. The summed E-state index contributed by atoms with van der Waals surface area (Å²) < 4.78 is 0. The van der Waals surface area contributed by atoms with E-state index in [2.05, 4.69) is 38.1 Å². The van der Waals surface area contributed by atoms with E-state index < -0.39 is 5.54 Å². The zero-order valence-electron chi connectivity index (χ0n) is 12.9. The lowest BCUT2D eigenvalue weighted by Crippen LogP contribution is -2.55. The van der Waals surface area contributed by atoms with Gasteiger partial charge in [0.15, 0.2) is 0 Å². The quantitative estimate of drug-likeness (QED) is 0.854. The average molecular weight is 283 g/mol. The molecular weight excluding hydrogens is 258 g/mol. The number of aliphatic hydroxyl groups is 1. The average Bonchev–Trinajstić information content (AvgIpc) is 2.47. The summed E-state index contributed by atoms with van der Waals surface area (Å²) in [6, 6.07) is 20.7. The van der Waals surface area contributed by atoms with E-state index in [1.807, 2.05) is 36.4 Å². The van der Waals surface area contributed by atoms with Crippen molar-refractivity contribution in [3.63, 3.8) is 0 Å². The van der Waals surface area contributed by atoms with Gasteiger partial charge >= 0.3 is 0 Å². The van der Waals surface area contributed by atoms with E-state index in [0.29, 0.717) is 6.42 Å². The molecule has 0 saturated heterocycles. The Hall–Kier alpha value is -1.64. The molecule has 2 rings (SSSR count). The number of nitrogens with two attached hydrogens (primary N) is 1. The van der Waals surface area contributed by atoms with Crippen molar-refractivity contribution in [2.75, 3.05) is 6.61 Å². The van der Waals surface area contributed by atoms with Gasteiger partial charge in [-0.1, -0.05) is 60.7 Å². The summed E-state index contributed by atoms with van der Waals surface area (Å²) in [7, 11) is 0. The van der Waals surface area contributed by atoms with E-state index >= 15 is 0 Å². The van der Waals surface area contributed by atoms with Gasteiger partial charge in [-0.15, -0.1) is 0 Å². The molecule has 0 amide bonds. The van der Waals surface area contributed by atoms with Crippen molar-refractivity contribution >= 4 is 0 Å². The SMILES string of the molecule is CC(C)(N)C(CCO)(Cc1ccccc1)c1ccccc1. The summed E-state index contributed by atoms with van der Waals surface area (Å²) in [6.07, 6.45) is 1.47. The first-order valence-electron chi connectivity index (χ1n) is 7.49. The number of aliphatic hydroxyl groups excluding tert-OH is 1. The van der Waals surface area contributed by atoms with Gasteiger partial charge in [0.1, 0.15) is 0 Å². The van der Waals surface area contributed by atoms with Crippen LogP contribution in [-0.2, 0) is 11.8 Å². The molecule has 1 unspecified atom stereocenters. The van der Waals surface area contributed by atoms with Gasteiger partial charge in [0.25, 0.3) is 0 Å². The fourth-order valence-electron chi connectivity index (χ4n) is 3.15. The summed E-state index contributed by atoms with van der Waals surface area (Å²) >= 11 is 0. The van der Waals surface area contributed by atoms with Crippen LogP contribution in [0, 0.1) is 0 Å². The number of hydrogen-bond donors (Lipinski definition) is 2. The predicted octanol–water partition coefficient (Wildman–Crippen LogP) is 3.29. The Labute approximate surface area is 127 Å². The van der Waals surface area contributed by atoms with Gasteiger partial charge in [0.2, 0.25) is 0 Å². The van der Waals surface area contributed by atoms with Crippen LogP contribution < -0.4 is 5.73 Å². The van der Waals surface area contributed by atoms with Crippen LogP contribution in [0.15, 0.2) is 60.7 Å². The maximum absolute atomic E-state index is 9.65. The zero-order valence-corrected chi connectivity index (χ0v) is 12.9. The van der Waals surface area contributed by atoms with Crippen molar-refractivity contribution in [1.82, 2.24) is 0 Å². The molecular formula is C19H25NO. The van der Waals surface area contributed by atoms with Crippen LogP contribution in [0.5, 0.6) is 0 Å². The Morgan fingerprint density at radius 2 is 1.43 bits per heavy atom. The molecule has 2 heteroatoms. The number of hydrogen-bond acceptors (Lipinski definition) is 2. The van der Waals surface area contributed by atoms with Crippen LogP contribution in [0.1, 0.15) is 31.4 Å². The van der Waals surface area contributed by atoms with Crippen LogP contribution in [0.4, 0.5) is 0 Å². The minimum atomic E-state index is -0.438. The molecule has 2 aromatic carbocycles. The molecule has 2 nitrogen and oxygen atoms in total. The van der Waals surface area contributed by atoms with E-state index in [-0.39, 0.29) is 12.0 Å². The molecule has 0 aliphatic rings. The first-order chi connectivity index (χ1) is 9.99. The molecule has 1 atom stereocenters. The first-order valence-corrected chi connectivity index (χ1v) is 7.49. The van der Waals surface area contributed by atoms with Crippen LogP contribution >= 0.6 is 0 Å². The lowest BCUT2D eigenvalue weighted by molar-refractivity contribution is 0.174. The molecule has 0 aliphatic carbocycles. The monoisotopic (exact) mass is 283 g/mol. The summed E-state index contributed by atoms with van der Waals surface area (Å²) in [4.78, 5) is 0. The Morgan fingerprint density at radius 1 is 0.905 bits per heavy atom. The summed E-state index contributed by atoms with van der Waals surface area (Å²) in [5.41, 5.74) is 8.28. The summed E-state index contributed by atoms with van der Waals surface area (Å²) in [5, 5.41) is 9.65.